The Kier molecular flexibility index (Phi) is 4.97. The largest absolute Gasteiger partial charge is 0.355 e. The zero-order valence-corrected chi connectivity index (χ0v) is 11.7. The summed E-state index contributed by atoms with van der Waals surface area (Å²) in [6.07, 6.45) is 4.90. The van der Waals surface area contributed by atoms with E-state index in [1.165, 1.54) is 24.0 Å². The summed E-state index contributed by atoms with van der Waals surface area (Å²) in [5.74, 6) is 0.774. The molecule has 1 aromatic carbocycles. The Bertz CT molecular complexity index is 409. The molecule has 1 atom stereocenters. The van der Waals surface area contributed by atoms with Gasteiger partial charge in [0.2, 0.25) is 5.91 Å². The van der Waals surface area contributed by atoms with Crippen molar-refractivity contribution in [1.29, 1.82) is 0 Å². The maximum Gasteiger partial charge on any atom is 0.220 e. The maximum atomic E-state index is 11.7. The van der Waals surface area contributed by atoms with Crippen molar-refractivity contribution in [2.24, 2.45) is 11.7 Å². The normalized spacial score (nSPS) is 16.1. The van der Waals surface area contributed by atoms with Gasteiger partial charge in [-0.25, -0.2) is 0 Å². The predicted octanol–water partition coefficient (Wildman–Crippen LogP) is 2.17. The molecule has 0 heterocycles. The highest BCUT2D eigenvalue weighted by atomic mass is 16.1. The van der Waals surface area contributed by atoms with Crippen LogP contribution in [0.15, 0.2) is 24.3 Å². The van der Waals surface area contributed by atoms with Gasteiger partial charge in [-0.1, -0.05) is 29.8 Å². The van der Waals surface area contributed by atoms with Crippen molar-refractivity contribution in [3.8, 4) is 0 Å². The summed E-state index contributed by atoms with van der Waals surface area (Å²) in [4.78, 5) is 11.7. The van der Waals surface area contributed by atoms with Crippen LogP contribution in [0.1, 0.15) is 36.8 Å². The van der Waals surface area contributed by atoms with Crippen molar-refractivity contribution in [3.05, 3.63) is 35.4 Å². The molecule has 1 aromatic rings. The van der Waals surface area contributed by atoms with Gasteiger partial charge in [0.1, 0.15) is 0 Å². The zero-order valence-electron chi connectivity index (χ0n) is 11.7. The third-order valence-electron chi connectivity index (χ3n) is 3.75. The average Bonchev–Trinajstić information content (AvgIpc) is 3.23. The summed E-state index contributed by atoms with van der Waals surface area (Å²) in [5, 5.41) is 2.94. The fraction of sp³-hybridized carbons (Fsp3) is 0.562. The minimum absolute atomic E-state index is 0.128. The second kappa shape index (κ2) is 6.71. The first-order valence-corrected chi connectivity index (χ1v) is 7.23. The smallest absolute Gasteiger partial charge is 0.220 e. The lowest BCUT2D eigenvalue weighted by Crippen LogP contribution is -2.38. The highest BCUT2D eigenvalue weighted by molar-refractivity contribution is 5.75. The second-order valence-corrected chi connectivity index (χ2v) is 5.64. The number of nitrogens with two attached hydrogens (primary N) is 1. The van der Waals surface area contributed by atoms with E-state index in [4.69, 9.17) is 5.73 Å². The topological polar surface area (TPSA) is 55.1 Å². The fourth-order valence-corrected chi connectivity index (χ4v) is 2.22. The lowest BCUT2D eigenvalue weighted by Gasteiger charge is -2.11. The van der Waals surface area contributed by atoms with Crippen LogP contribution < -0.4 is 11.1 Å². The minimum Gasteiger partial charge on any atom is -0.355 e. The lowest BCUT2D eigenvalue weighted by atomic mass is 10.1. The standard InChI is InChI=1S/C16H24N2O/c1-12-5-7-13(8-6-12)3-2-4-16(19)18-11-15(17)14-9-10-14/h5-8,14-15H,2-4,9-11,17H2,1H3,(H,18,19). The van der Waals surface area contributed by atoms with Crippen LogP contribution >= 0.6 is 0 Å². The molecule has 0 aromatic heterocycles. The SMILES string of the molecule is Cc1ccc(CCCC(=O)NCC(N)C2CC2)cc1. The van der Waals surface area contributed by atoms with Crippen LogP contribution in [0.3, 0.4) is 0 Å². The number of nitrogens with one attached hydrogen (secondary N) is 1. The first-order valence-electron chi connectivity index (χ1n) is 7.23. The molecule has 0 saturated heterocycles. The molecular weight excluding hydrogens is 236 g/mol. The Hall–Kier alpha value is -1.35. The van der Waals surface area contributed by atoms with E-state index >= 15 is 0 Å². The van der Waals surface area contributed by atoms with Gasteiger partial charge in [0.15, 0.2) is 0 Å². The first kappa shape index (κ1) is 14.1. The molecule has 1 saturated carbocycles. The van der Waals surface area contributed by atoms with E-state index in [-0.39, 0.29) is 11.9 Å². The molecule has 19 heavy (non-hydrogen) atoms. The van der Waals surface area contributed by atoms with Gasteiger partial charge in [0.25, 0.3) is 0 Å². The molecule has 0 radical (unpaired) electrons. The molecule has 1 aliphatic rings. The Labute approximate surface area is 115 Å². The summed E-state index contributed by atoms with van der Waals surface area (Å²) in [7, 11) is 0. The van der Waals surface area contributed by atoms with Gasteiger partial charge in [-0.15, -0.1) is 0 Å². The highest BCUT2D eigenvalue weighted by Crippen LogP contribution is 2.31. The third-order valence-corrected chi connectivity index (χ3v) is 3.75. The second-order valence-electron chi connectivity index (χ2n) is 5.64. The van der Waals surface area contributed by atoms with E-state index in [9.17, 15) is 4.79 Å². The number of rotatable bonds is 7. The van der Waals surface area contributed by atoms with Gasteiger partial charge >= 0.3 is 0 Å². The minimum atomic E-state index is 0.128. The quantitative estimate of drug-likeness (QED) is 0.789. The number of carbonyl (C=O) groups is 1. The van der Waals surface area contributed by atoms with Crippen LogP contribution in [0.25, 0.3) is 0 Å². The Balaban J connectivity index is 1.59. The molecular formula is C16H24N2O. The van der Waals surface area contributed by atoms with Crippen LogP contribution in [0, 0.1) is 12.8 Å². The molecule has 1 amide bonds. The van der Waals surface area contributed by atoms with Gasteiger partial charge in [0.05, 0.1) is 0 Å². The van der Waals surface area contributed by atoms with Crippen molar-refractivity contribution in [3.63, 3.8) is 0 Å². The molecule has 0 aliphatic heterocycles. The molecule has 1 fully saturated rings. The van der Waals surface area contributed by atoms with Crippen LogP contribution in [-0.4, -0.2) is 18.5 Å². The summed E-state index contributed by atoms with van der Waals surface area (Å²) in [6.45, 7) is 2.72. The Morgan fingerprint density at radius 2 is 2.05 bits per heavy atom. The molecule has 104 valence electrons. The van der Waals surface area contributed by atoms with Gasteiger partial charge < -0.3 is 11.1 Å². The van der Waals surface area contributed by atoms with Crippen molar-refractivity contribution in [2.45, 2.75) is 45.1 Å². The van der Waals surface area contributed by atoms with Crippen LogP contribution in [0.4, 0.5) is 0 Å². The molecule has 3 nitrogen and oxygen atoms in total. The van der Waals surface area contributed by atoms with Gasteiger partial charge in [-0.05, 0) is 44.1 Å². The highest BCUT2D eigenvalue weighted by Gasteiger charge is 2.28. The van der Waals surface area contributed by atoms with Crippen LogP contribution in [0.2, 0.25) is 0 Å². The molecule has 2 rings (SSSR count). The zero-order chi connectivity index (χ0) is 13.7. The van der Waals surface area contributed by atoms with Crippen molar-refractivity contribution >= 4 is 5.91 Å². The average molecular weight is 260 g/mol. The predicted molar refractivity (Wildman–Crippen MR) is 77.8 cm³/mol. The number of aryl methyl sites for hydroxylation is 2. The van der Waals surface area contributed by atoms with Crippen LogP contribution in [0.5, 0.6) is 0 Å². The Morgan fingerprint density at radius 1 is 1.37 bits per heavy atom. The van der Waals surface area contributed by atoms with Crippen molar-refractivity contribution < 1.29 is 4.79 Å². The van der Waals surface area contributed by atoms with Gasteiger partial charge in [-0.3, -0.25) is 4.79 Å². The molecule has 0 bridgehead atoms. The summed E-state index contributed by atoms with van der Waals surface area (Å²) in [6, 6.07) is 8.65. The van der Waals surface area contributed by atoms with Crippen LogP contribution in [-0.2, 0) is 11.2 Å². The summed E-state index contributed by atoms with van der Waals surface area (Å²) >= 11 is 0. The van der Waals surface area contributed by atoms with E-state index < -0.39 is 0 Å². The van der Waals surface area contributed by atoms with Crippen molar-refractivity contribution in [2.75, 3.05) is 6.54 Å². The van der Waals surface area contributed by atoms with Gasteiger partial charge in [0, 0.05) is 19.0 Å². The maximum absolute atomic E-state index is 11.7. The molecule has 1 unspecified atom stereocenters. The van der Waals surface area contributed by atoms with E-state index in [1.807, 2.05) is 0 Å². The molecule has 3 heteroatoms. The first-order chi connectivity index (χ1) is 9.15. The third kappa shape index (κ3) is 5.03. The molecule has 1 aliphatic carbocycles. The fourth-order valence-electron chi connectivity index (χ4n) is 2.22. The summed E-state index contributed by atoms with van der Waals surface area (Å²) < 4.78 is 0. The van der Waals surface area contributed by atoms with E-state index in [1.54, 1.807) is 0 Å². The van der Waals surface area contributed by atoms with Crippen molar-refractivity contribution in [1.82, 2.24) is 5.32 Å². The number of hydrogen-bond acceptors (Lipinski definition) is 2. The number of amides is 1. The molecule has 3 N–H and O–H groups in total. The van der Waals surface area contributed by atoms with E-state index in [0.717, 1.165) is 12.8 Å². The summed E-state index contributed by atoms with van der Waals surface area (Å²) in [5.41, 5.74) is 8.52. The monoisotopic (exact) mass is 260 g/mol. The van der Waals surface area contributed by atoms with E-state index in [2.05, 4.69) is 36.5 Å². The number of hydrogen-bond donors (Lipinski definition) is 2. The number of benzene rings is 1. The number of carbonyl (C=O) groups excluding carboxylic acids is 1. The van der Waals surface area contributed by atoms with Gasteiger partial charge in [-0.2, -0.15) is 0 Å². The van der Waals surface area contributed by atoms with E-state index in [0.29, 0.717) is 18.9 Å². The lowest BCUT2D eigenvalue weighted by molar-refractivity contribution is -0.121. The Morgan fingerprint density at radius 3 is 2.68 bits per heavy atom. The molecule has 0 spiro atoms.